The topological polar surface area (TPSA) is 0 Å². The van der Waals surface area contributed by atoms with Gasteiger partial charge in [0.15, 0.2) is 0 Å². The van der Waals surface area contributed by atoms with Gasteiger partial charge in [-0.15, -0.1) is 0 Å². The minimum atomic E-state index is -0.579. The van der Waals surface area contributed by atoms with Crippen LogP contribution in [0.4, 0.5) is 0 Å². The molecule has 0 bridgehead atoms. The molecule has 0 aliphatic heterocycles. The van der Waals surface area contributed by atoms with Crippen LogP contribution < -0.4 is 21.2 Å². The first kappa shape index (κ1) is 30.2. The van der Waals surface area contributed by atoms with Crippen LogP contribution in [-0.2, 0) is 12.3 Å². The van der Waals surface area contributed by atoms with Crippen LogP contribution in [0.15, 0.2) is 146 Å². The van der Waals surface area contributed by atoms with E-state index in [1.807, 2.05) is 0 Å². The minimum absolute atomic E-state index is 0.579. The van der Waals surface area contributed by atoms with Crippen LogP contribution in [0.5, 0.6) is 0 Å². The first-order valence-corrected chi connectivity index (χ1v) is 18.5. The fourth-order valence-corrected chi connectivity index (χ4v) is 11.7. The van der Waals surface area contributed by atoms with Gasteiger partial charge in [0, 0.05) is 12.3 Å². The van der Waals surface area contributed by atoms with Crippen molar-refractivity contribution in [1.29, 1.82) is 0 Å². The Hall–Kier alpha value is -3.82. The summed E-state index contributed by atoms with van der Waals surface area (Å²) >= 11 is 0. The maximum absolute atomic E-state index is 2.36. The summed E-state index contributed by atoms with van der Waals surface area (Å²) in [5.74, 6) is 0. The molecule has 6 rings (SSSR count). The monoisotopic (exact) mass is 606 g/mol. The quantitative estimate of drug-likeness (QED) is 0.144. The predicted octanol–water partition coefficient (Wildman–Crippen LogP) is 9.85. The van der Waals surface area contributed by atoms with E-state index in [4.69, 9.17) is 0 Å². The van der Waals surface area contributed by atoms with Gasteiger partial charge in [0.2, 0.25) is 0 Å². The smallest absolute Gasteiger partial charge is 0.00138 e. The van der Waals surface area contributed by atoms with E-state index in [9.17, 15) is 0 Å². The van der Waals surface area contributed by atoms with E-state index in [1.165, 1.54) is 65.7 Å². The highest BCUT2D eigenvalue weighted by atomic mass is 31.1. The fraction of sp³-hybridized carbons (Fsp3) is 0.143. The summed E-state index contributed by atoms with van der Waals surface area (Å²) in [7, 11) is -1.16. The second kappa shape index (κ2) is 13.9. The molecule has 0 aliphatic carbocycles. The summed E-state index contributed by atoms with van der Waals surface area (Å²) in [6, 6.07) is 54.2. The van der Waals surface area contributed by atoms with Crippen molar-refractivity contribution in [3.63, 3.8) is 0 Å². The fourth-order valence-electron chi connectivity index (χ4n) is 6.25. The molecule has 0 nitrogen and oxygen atoms in total. The van der Waals surface area contributed by atoms with Gasteiger partial charge >= 0.3 is 0 Å². The van der Waals surface area contributed by atoms with Crippen LogP contribution in [0, 0.1) is 27.7 Å². The van der Waals surface area contributed by atoms with Gasteiger partial charge in [-0.3, -0.25) is 0 Å². The molecule has 0 unspecified atom stereocenters. The number of benzene rings is 6. The van der Waals surface area contributed by atoms with Crippen LogP contribution in [0.1, 0.15) is 33.4 Å². The Bertz CT molecular complexity index is 1660. The Labute approximate surface area is 266 Å². The summed E-state index contributed by atoms with van der Waals surface area (Å²) in [5, 5.41) is 5.90. The van der Waals surface area contributed by atoms with Crippen LogP contribution in [-0.4, -0.2) is 0 Å². The first-order chi connectivity index (χ1) is 21.5. The van der Waals surface area contributed by atoms with Crippen molar-refractivity contribution in [2.75, 3.05) is 0 Å². The molecule has 0 saturated carbocycles. The van der Waals surface area contributed by atoms with Gasteiger partial charge in [-0.25, -0.2) is 0 Å². The SMILES string of the molecule is Cc1ccccc1P(Cc1ccccc1-c1ccccc1CP(c1ccccc1C)c1ccccc1C)c1ccccc1C. The number of hydrogen-bond donors (Lipinski definition) is 0. The normalized spacial score (nSPS) is 11.3. The molecule has 0 atom stereocenters. The molecule has 0 N–H and O–H groups in total. The summed E-state index contributed by atoms with van der Waals surface area (Å²) in [6.07, 6.45) is 2.03. The Morgan fingerprint density at radius 3 is 0.864 bits per heavy atom. The lowest BCUT2D eigenvalue weighted by Gasteiger charge is -2.26. The van der Waals surface area contributed by atoms with Gasteiger partial charge in [0.25, 0.3) is 0 Å². The molecule has 0 amide bonds. The third kappa shape index (κ3) is 6.49. The lowest BCUT2D eigenvalue weighted by atomic mass is 9.97. The molecule has 0 fully saturated rings. The molecule has 44 heavy (non-hydrogen) atoms. The van der Waals surface area contributed by atoms with E-state index in [1.54, 1.807) is 0 Å². The Morgan fingerprint density at radius 1 is 0.318 bits per heavy atom. The van der Waals surface area contributed by atoms with Crippen molar-refractivity contribution in [3.8, 4) is 11.1 Å². The van der Waals surface area contributed by atoms with E-state index in [0.29, 0.717) is 0 Å². The molecule has 6 aromatic rings. The molecule has 0 heterocycles. The Kier molecular flexibility index (Phi) is 9.52. The van der Waals surface area contributed by atoms with Crippen molar-refractivity contribution in [2.45, 2.75) is 40.0 Å². The van der Waals surface area contributed by atoms with E-state index < -0.39 is 15.8 Å². The summed E-state index contributed by atoms with van der Waals surface area (Å²) in [6.45, 7) is 9.07. The predicted molar refractivity (Wildman–Crippen MR) is 196 cm³/mol. The van der Waals surface area contributed by atoms with E-state index in [2.05, 4.69) is 173 Å². The molecular formula is C42H40P2. The minimum Gasteiger partial charge on any atom is -0.0620 e. The molecule has 0 aliphatic rings. The zero-order valence-corrected chi connectivity index (χ0v) is 28.0. The van der Waals surface area contributed by atoms with E-state index in [0.717, 1.165) is 12.3 Å². The van der Waals surface area contributed by atoms with Gasteiger partial charge in [0.1, 0.15) is 0 Å². The molecule has 0 saturated heterocycles. The molecule has 0 radical (unpaired) electrons. The standard InChI is InChI=1S/C42H40P2/c1-31-17-5-13-25-39(31)43(40-26-14-6-18-32(40)2)29-35-21-9-11-23-37(35)38-24-12-10-22-36(38)30-44(41-27-15-7-19-33(41)3)42-28-16-8-20-34(42)4/h5-28H,29-30H2,1-4H3. The van der Waals surface area contributed by atoms with Crippen molar-refractivity contribution in [2.24, 2.45) is 0 Å². The van der Waals surface area contributed by atoms with Gasteiger partial charge in [-0.05, 0) is 109 Å². The third-order valence-electron chi connectivity index (χ3n) is 8.61. The first-order valence-electron chi connectivity index (χ1n) is 15.4. The molecule has 2 heteroatoms. The highest BCUT2D eigenvalue weighted by molar-refractivity contribution is 7.72. The van der Waals surface area contributed by atoms with Gasteiger partial charge in [-0.1, -0.05) is 146 Å². The summed E-state index contributed by atoms with van der Waals surface area (Å²) < 4.78 is 0. The second-order valence-electron chi connectivity index (χ2n) is 11.6. The molecule has 0 spiro atoms. The van der Waals surface area contributed by atoms with E-state index in [-0.39, 0.29) is 0 Å². The lowest BCUT2D eigenvalue weighted by molar-refractivity contribution is 1.34. The highest BCUT2D eigenvalue weighted by Crippen LogP contribution is 2.45. The maximum atomic E-state index is 2.36. The van der Waals surface area contributed by atoms with Crippen molar-refractivity contribution in [3.05, 3.63) is 179 Å². The maximum Gasteiger partial charge on any atom is 0.00138 e. The van der Waals surface area contributed by atoms with Crippen LogP contribution in [0.3, 0.4) is 0 Å². The van der Waals surface area contributed by atoms with E-state index >= 15 is 0 Å². The molecular weight excluding hydrogens is 566 g/mol. The van der Waals surface area contributed by atoms with Crippen LogP contribution in [0.25, 0.3) is 11.1 Å². The van der Waals surface area contributed by atoms with Crippen LogP contribution >= 0.6 is 15.8 Å². The average molecular weight is 607 g/mol. The molecule has 0 aromatic heterocycles. The second-order valence-corrected chi connectivity index (χ2v) is 15.9. The molecule has 218 valence electrons. The Balaban J connectivity index is 1.45. The van der Waals surface area contributed by atoms with Gasteiger partial charge in [-0.2, -0.15) is 0 Å². The van der Waals surface area contributed by atoms with Gasteiger partial charge < -0.3 is 0 Å². The zero-order valence-electron chi connectivity index (χ0n) is 26.2. The zero-order chi connectivity index (χ0) is 30.5. The Morgan fingerprint density at radius 2 is 0.568 bits per heavy atom. The lowest BCUT2D eigenvalue weighted by Crippen LogP contribution is -2.18. The number of hydrogen-bond acceptors (Lipinski definition) is 0. The van der Waals surface area contributed by atoms with Crippen molar-refractivity contribution < 1.29 is 0 Å². The number of aryl methyl sites for hydroxylation is 4. The highest BCUT2D eigenvalue weighted by Gasteiger charge is 2.23. The average Bonchev–Trinajstić information content (AvgIpc) is 3.05. The molecule has 6 aromatic carbocycles. The van der Waals surface area contributed by atoms with Gasteiger partial charge in [0.05, 0.1) is 0 Å². The number of rotatable bonds is 9. The summed E-state index contributed by atoms with van der Waals surface area (Å²) in [5.41, 5.74) is 11.1. The van der Waals surface area contributed by atoms with Crippen LogP contribution in [0.2, 0.25) is 0 Å². The third-order valence-corrected chi connectivity index (χ3v) is 14.3. The van der Waals surface area contributed by atoms with Crippen molar-refractivity contribution in [1.82, 2.24) is 0 Å². The largest absolute Gasteiger partial charge is 0.0620 e. The summed E-state index contributed by atoms with van der Waals surface area (Å²) in [4.78, 5) is 0. The van der Waals surface area contributed by atoms with Crippen molar-refractivity contribution >= 4 is 37.1 Å².